The summed E-state index contributed by atoms with van der Waals surface area (Å²) in [6, 6.07) is 9.65. The number of alkyl halides is 3. The highest BCUT2D eigenvalue weighted by Crippen LogP contribution is 2.37. The zero-order valence-corrected chi connectivity index (χ0v) is 16.0. The monoisotopic (exact) mass is 447 g/mol. The first-order valence-corrected chi connectivity index (χ1v) is 9.00. The van der Waals surface area contributed by atoms with Crippen molar-refractivity contribution < 1.29 is 32.3 Å². The Kier molecular flexibility index (Phi) is 6.20. The molecule has 2 N–H and O–H groups in total. The first kappa shape index (κ1) is 22.4. The Morgan fingerprint density at radius 1 is 1.19 bits per heavy atom. The Hall–Kier alpha value is -4.27. The van der Waals surface area contributed by atoms with E-state index in [-0.39, 0.29) is 17.4 Å². The number of fused-ring (bicyclic) bond motifs is 1. The SMILES string of the molecule is N#[N+]c1c(-c2ccnc(-c3cccc(F)c3)c2)[nH]c2c1C(=O)NCC2.O=C([O-])C(F)(F)F. The maximum absolute atomic E-state index is 13.5. The molecular weight excluding hydrogens is 434 g/mol. The highest BCUT2D eigenvalue weighted by atomic mass is 19.4. The number of aromatic amines is 1. The summed E-state index contributed by atoms with van der Waals surface area (Å²) in [6.45, 7) is 0.529. The number of benzene rings is 1. The smallest absolute Gasteiger partial charge is 0.430 e. The molecule has 8 nitrogen and oxygen atoms in total. The van der Waals surface area contributed by atoms with Crippen molar-refractivity contribution in [2.24, 2.45) is 0 Å². The van der Waals surface area contributed by atoms with Gasteiger partial charge in [-0.2, -0.15) is 13.2 Å². The normalized spacial score (nSPS) is 12.7. The Labute approximate surface area is 177 Å². The second kappa shape index (κ2) is 8.84. The maximum atomic E-state index is 13.5. The number of aromatic nitrogens is 2. The van der Waals surface area contributed by atoms with Gasteiger partial charge in [0.2, 0.25) is 5.39 Å². The van der Waals surface area contributed by atoms with Gasteiger partial charge >= 0.3 is 11.9 Å². The lowest BCUT2D eigenvalue weighted by Gasteiger charge is -2.09. The Bertz CT molecular complexity index is 1230. The lowest BCUT2D eigenvalue weighted by Crippen LogP contribution is -2.37. The van der Waals surface area contributed by atoms with Crippen LogP contribution in [-0.2, 0) is 11.2 Å². The fourth-order valence-corrected chi connectivity index (χ4v) is 3.06. The minimum Gasteiger partial charge on any atom is -0.542 e. The van der Waals surface area contributed by atoms with Crippen LogP contribution in [0.15, 0.2) is 42.6 Å². The van der Waals surface area contributed by atoms with Crippen LogP contribution in [0, 0.1) is 11.2 Å². The fraction of sp³-hybridized carbons (Fsp3) is 0.150. The van der Waals surface area contributed by atoms with Gasteiger partial charge in [0.25, 0.3) is 5.91 Å². The molecule has 1 aliphatic rings. The second-order valence-electron chi connectivity index (χ2n) is 6.53. The molecule has 0 atom stereocenters. The van der Waals surface area contributed by atoms with E-state index in [1.807, 2.05) is 0 Å². The molecule has 0 saturated carbocycles. The number of pyridine rings is 1. The molecule has 0 saturated heterocycles. The molecule has 0 radical (unpaired) electrons. The van der Waals surface area contributed by atoms with Gasteiger partial charge in [-0.15, -0.1) is 0 Å². The van der Waals surface area contributed by atoms with Crippen molar-refractivity contribution in [2.45, 2.75) is 12.6 Å². The molecule has 2 aromatic heterocycles. The van der Waals surface area contributed by atoms with E-state index >= 15 is 0 Å². The van der Waals surface area contributed by atoms with Gasteiger partial charge in [0.15, 0.2) is 10.5 Å². The first-order valence-electron chi connectivity index (χ1n) is 9.00. The van der Waals surface area contributed by atoms with Crippen LogP contribution in [0.4, 0.5) is 23.2 Å². The summed E-state index contributed by atoms with van der Waals surface area (Å²) < 4.78 is 45.0. The van der Waals surface area contributed by atoms with Crippen LogP contribution < -0.4 is 10.4 Å². The number of amides is 1. The summed E-state index contributed by atoms with van der Waals surface area (Å²) in [5, 5.41) is 20.9. The van der Waals surface area contributed by atoms with Crippen molar-refractivity contribution in [3.8, 4) is 22.5 Å². The van der Waals surface area contributed by atoms with Gasteiger partial charge < -0.3 is 20.2 Å². The number of halogens is 4. The van der Waals surface area contributed by atoms with Crippen molar-refractivity contribution in [1.29, 1.82) is 5.39 Å². The summed E-state index contributed by atoms with van der Waals surface area (Å²) in [7, 11) is 0. The summed E-state index contributed by atoms with van der Waals surface area (Å²) >= 11 is 0. The van der Waals surface area contributed by atoms with Crippen LogP contribution in [0.25, 0.3) is 27.5 Å². The molecule has 1 aromatic carbocycles. The van der Waals surface area contributed by atoms with Gasteiger partial charge in [-0.1, -0.05) is 12.1 Å². The molecule has 0 bridgehead atoms. The lowest BCUT2D eigenvalue weighted by molar-refractivity contribution is -0.344. The van der Waals surface area contributed by atoms with Gasteiger partial charge in [-0.25, -0.2) is 4.39 Å². The van der Waals surface area contributed by atoms with Crippen LogP contribution in [0.3, 0.4) is 0 Å². The van der Waals surface area contributed by atoms with E-state index in [4.69, 9.17) is 9.90 Å². The molecule has 3 aromatic rings. The summed E-state index contributed by atoms with van der Waals surface area (Å²) in [5.74, 6) is -3.62. The highest BCUT2D eigenvalue weighted by Gasteiger charge is 2.35. The van der Waals surface area contributed by atoms with E-state index in [1.54, 1.807) is 30.5 Å². The van der Waals surface area contributed by atoms with E-state index in [9.17, 15) is 27.7 Å². The number of H-pyrrole nitrogens is 1. The average molecular weight is 447 g/mol. The molecule has 3 heterocycles. The molecule has 0 fully saturated rings. The quantitative estimate of drug-likeness (QED) is 0.462. The van der Waals surface area contributed by atoms with E-state index in [2.05, 4.69) is 20.3 Å². The molecule has 1 aliphatic heterocycles. The predicted molar refractivity (Wildman–Crippen MR) is 101 cm³/mol. The number of carboxylic acids is 1. The molecule has 1 amide bonds. The van der Waals surface area contributed by atoms with Crippen molar-refractivity contribution in [3.05, 3.63) is 64.6 Å². The summed E-state index contributed by atoms with van der Waals surface area (Å²) in [5.41, 5.74) is 3.73. The Morgan fingerprint density at radius 3 is 2.53 bits per heavy atom. The number of carbonyl (C=O) groups is 2. The zero-order valence-electron chi connectivity index (χ0n) is 16.0. The van der Waals surface area contributed by atoms with Crippen LogP contribution in [0.1, 0.15) is 16.1 Å². The Balaban J connectivity index is 0.000000360. The minimum absolute atomic E-state index is 0.198. The topological polar surface area (TPSA) is 126 Å². The molecule has 32 heavy (non-hydrogen) atoms. The van der Waals surface area contributed by atoms with Crippen molar-refractivity contribution >= 4 is 17.6 Å². The van der Waals surface area contributed by atoms with Crippen LogP contribution in [0.5, 0.6) is 0 Å². The van der Waals surface area contributed by atoms with E-state index in [1.165, 1.54) is 12.1 Å². The number of rotatable bonds is 2. The summed E-state index contributed by atoms with van der Waals surface area (Å²) in [4.78, 5) is 31.6. The zero-order chi connectivity index (χ0) is 23.5. The first-order chi connectivity index (χ1) is 15.1. The number of carbonyl (C=O) groups excluding carboxylic acids is 2. The predicted octanol–water partition coefficient (Wildman–Crippen LogP) is 2.95. The Morgan fingerprint density at radius 2 is 1.91 bits per heavy atom. The maximum Gasteiger partial charge on any atom is 0.430 e. The molecule has 12 heteroatoms. The van der Waals surface area contributed by atoms with Crippen molar-refractivity contribution in [1.82, 2.24) is 15.3 Å². The van der Waals surface area contributed by atoms with Crippen LogP contribution in [0.2, 0.25) is 0 Å². The number of hydrogen-bond donors (Lipinski definition) is 2. The largest absolute Gasteiger partial charge is 0.542 e. The average Bonchev–Trinajstić information content (AvgIpc) is 3.14. The molecule has 0 unspecified atom stereocenters. The molecule has 4 rings (SSSR count). The van der Waals surface area contributed by atoms with E-state index < -0.39 is 12.1 Å². The van der Waals surface area contributed by atoms with Gasteiger partial charge in [0.1, 0.15) is 17.5 Å². The molecule has 164 valence electrons. The van der Waals surface area contributed by atoms with Crippen molar-refractivity contribution in [3.63, 3.8) is 0 Å². The van der Waals surface area contributed by atoms with Gasteiger partial charge in [-0.3, -0.25) is 9.78 Å². The highest BCUT2D eigenvalue weighted by molar-refractivity contribution is 6.05. The molecular formula is C20H13F4N5O3. The summed E-state index contributed by atoms with van der Waals surface area (Å²) in [6.07, 6.45) is -2.97. The molecule has 0 spiro atoms. The number of nitrogens with zero attached hydrogens (tertiary/aromatic N) is 3. The lowest BCUT2D eigenvalue weighted by atomic mass is 10.0. The van der Waals surface area contributed by atoms with E-state index in [0.29, 0.717) is 41.0 Å². The van der Waals surface area contributed by atoms with Gasteiger partial charge in [-0.05, 0) is 24.3 Å². The number of diazo groups is 1. The van der Waals surface area contributed by atoms with Crippen LogP contribution >= 0.6 is 0 Å². The van der Waals surface area contributed by atoms with Crippen LogP contribution in [-0.4, -0.2) is 34.6 Å². The minimum atomic E-state index is -5.19. The second-order valence-corrected chi connectivity index (χ2v) is 6.53. The third kappa shape index (κ3) is 4.72. The fourth-order valence-electron chi connectivity index (χ4n) is 3.06. The number of nitrogens with one attached hydrogen (secondary N) is 2. The third-order valence-electron chi connectivity index (χ3n) is 4.44. The number of hydrogen-bond acceptors (Lipinski definition) is 5. The number of carboxylic acid groups (broad SMARTS) is 1. The third-order valence-corrected chi connectivity index (χ3v) is 4.44. The standard InChI is InChI=1S/C18H12FN5O.C2HF3O2/c19-12-3-1-2-10(8-12)14-9-11(4-6-21-14)16-17(24-20)15-13(23-16)5-7-22-18(15)25;3-2(4,5)1(6)7/h1-4,6,8-9H,5,7H2,(H-,21,22,23,25);(H,6,7). The number of aliphatic carboxylic acids is 1. The van der Waals surface area contributed by atoms with E-state index in [0.717, 1.165) is 5.69 Å². The van der Waals surface area contributed by atoms with Crippen molar-refractivity contribution in [2.75, 3.05) is 6.54 Å². The van der Waals surface area contributed by atoms with Gasteiger partial charge in [0.05, 0.1) is 5.69 Å². The van der Waals surface area contributed by atoms with Gasteiger partial charge in [0, 0.05) is 36.0 Å². The molecule has 0 aliphatic carbocycles.